The lowest BCUT2D eigenvalue weighted by atomic mass is 10.2. The number of urea groups is 2. The molecule has 0 radical (unpaired) electrons. The van der Waals surface area contributed by atoms with Gasteiger partial charge in [0.05, 0.1) is 18.7 Å². The molecule has 24 heavy (non-hydrogen) atoms. The van der Waals surface area contributed by atoms with Gasteiger partial charge in [0, 0.05) is 19.6 Å². The van der Waals surface area contributed by atoms with Crippen LogP contribution in [-0.4, -0.2) is 66.0 Å². The third kappa shape index (κ3) is 4.57. The van der Waals surface area contributed by atoms with Crippen molar-refractivity contribution in [2.75, 3.05) is 26.2 Å². The Balaban J connectivity index is 1.68. The second kappa shape index (κ2) is 8.48. The summed E-state index contributed by atoms with van der Waals surface area (Å²) in [4.78, 5) is 51.6. The van der Waals surface area contributed by atoms with E-state index in [0.717, 1.165) is 4.90 Å². The van der Waals surface area contributed by atoms with Crippen LogP contribution in [0.4, 0.5) is 9.59 Å². The van der Waals surface area contributed by atoms with Gasteiger partial charge in [-0.3, -0.25) is 14.5 Å². The second-order valence-corrected chi connectivity index (χ2v) is 5.88. The fraction of sp³-hybridized carbons (Fsp3) is 0.500. The van der Waals surface area contributed by atoms with Gasteiger partial charge in [-0.05, 0) is 18.4 Å². The van der Waals surface area contributed by atoms with Gasteiger partial charge < -0.3 is 15.4 Å². The van der Waals surface area contributed by atoms with Crippen molar-refractivity contribution in [3.05, 3.63) is 11.5 Å². The van der Waals surface area contributed by atoms with E-state index in [0.29, 0.717) is 12.3 Å². The molecule has 1 unspecified atom stereocenters. The summed E-state index contributed by atoms with van der Waals surface area (Å²) in [6.45, 7) is 2.27. The highest BCUT2D eigenvalue weighted by molar-refractivity contribution is 8.04. The van der Waals surface area contributed by atoms with Gasteiger partial charge in [-0.25, -0.2) is 9.59 Å². The summed E-state index contributed by atoms with van der Waals surface area (Å²) in [5, 5.41) is 6.26. The predicted octanol–water partition coefficient (Wildman–Crippen LogP) is 0.271. The number of carbonyl (C=O) groups is 4. The standard InChI is InChI=1S/C14H18N4O5S/c1-2-23-10(19)3-5-15-13(21)16-6-7-18-12(20)11-9(4-8-24-11)17-14(18)22/h4,8,11H,2-3,5-7H2,1H3,(H2,15,16,21). The molecule has 1 atom stereocenters. The summed E-state index contributed by atoms with van der Waals surface area (Å²) in [6.07, 6.45) is 1.73. The number of imide groups is 1. The van der Waals surface area contributed by atoms with Crippen molar-refractivity contribution in [2.45, 2.75) is 18.6 Å². The lowest BCUT2D eigenvalue weighted by Crippen LogP contribution is -2.50. The minimum absolute atomic E-state index is 0.0385. The molecule has 2 N–H and O–H groups in total. The molecule has 0 saturated heterocycles. The number of hydrogen-bond donors (Lipinski definition) is 2. The minimum Gasteiger partial charge on any atom is -0.466 e. The molecule has 0 bridgehead atoms. The monoisotopic (exact) mass is 354 g/mol. The third-order valence-electron chi connectivity index (χ3n) is 3.21. The summed E-state index contributed by atoms with van der Waals surface area (Å²) in [6, 6.07) is -1.11. The van der Waals surface area contributed by atoms with Gasteiger partial charge in [-0.15, -0.1) is 11.8 Å². The lowest BCUT2D eigenvalue weighted by molar-refractivity contribution is -0.142. The molecule has 0 aromatic carbocycles. The average molecular weight is 354 g/mol. The molecular formula is C14H18N4O5S. The largest absolute Gasteiger partial charge is 0.466 e. The van der Waals surface area contributed by atoms with E-state index in [1.807, 2.05) is 0 Å². The number of hydrogen-bond acceptors (Lipinski definition) is 6. The van der Waals surface area contributed by atoms with Crippen molar-refractivity contribution in [3.63, 3.8) is 0 Å². The number of nitrogens with one attached hydrogen (secondary N) is 2. The van der Waals surface area contributed by atoms with E-state index >= 15 is 0 Å². The summed E-state index contributed by atoms with van der Waals surface area (Å²) < 4.78 is 4.73. The molecule has 2 aliphatic rings. The molecule has 0 aromatic heterocycles. The van der Waals surface area contributed by atoms with Crippen molar-refractivity contribution in [1.82, 2.24) is 15.5 Å². The number of esters is 1. The Bertz CT molecular complexity index is 604. The Kier molecular flexibility index (Phi) is 6.36. The van der Waals surface area contributed by atoms with Crippen LogP contribution in [-0.2, 0) is 14.3 Å². The van der Waals surface area contributed by atoms with E-state index in [9.17, 15) is 19.2 Å². The number of rotatable bonds is 7. The first kappa shape index (κ1) is 18.0. The van der Waals surface area contributed by atoms with Crippen molar-refractivity contribution in [3.8, 4) is 0 Å². The zero-order valence-electron chi connectivity index (χ0n) is 13.1. The maximum Gasteiger partial charge on any atom is 0.350 e. The molecule has 2 aliphatic heterocycles. The van der Waals surface area contributed by atoms with Crippen LogP contribution in [0, 0.1) is 0 Å². The van der Waals surface area contributed by atoms with Crippen molar-refractivity contribution in [1.29, 1.82) is 0 Å². The maximum absolute atomic E-state index is 12.2. The molecule has 130 valence electrons. The number of allylic oxidation sites excluding steroid dienone is 1. The molecule has 0 saturated carbocycles. The fourth-order valence-corrected chi connectivity index (χ4v) is 2.98. The highest BCUT2D eigenvalue weighted by atomic mass is 32.2. The molecule has 0 aliphatic carbocycles. The molecule has 5 amide bonds. The van der Waals surface area contributed by atoms with E-state index in [2.05, 4.69) is 15.6 Å². The number of fused-ring (bicyclic) bond motifs is 1. The highest BCUT2D eigenvalue weighted by Gasteiger charge is 2.38. The van der Waals surface area contributed by atoms with Crippen LogP contribution >= 0.6 is 11.8 Å². The first-order chi connectivity index (χ1) is 11.5. The summed E-state index contributed by atoms with van der Waals surface area (Å²) in [5.41, 5.74) is 0.468. The van der Waals surface area contributed by atoms with E-state index < -0.39 is 23.3 Å². The normalized spacial score (nSPS) is 19.0. The Labute approximate surface area is 142 Å². The minimum atomic E-state index is -0.622. The average Bonchev–Trinajstić information content (AvgIpc) is 2.99. The van der Waals surface area contributed by atoms with Crippen LogP contribution in [0.1, 0.15) is 13.3 Å². The van der Waals surface area contributed by atoms with E-state index in [1.54, 1.807) is 18.4 Å². The Morgan fingerprint density at radius 3 is 2.83 bits per heavy atom. The number of ether oxygens (including phenoxy) is 1. The smallest absolute Gasteiger partial charge is 0.350 e. The summed E-state index contributed by atoms with van der Waals surface area (Å²) in [5.74, 6) is -0.719. The number of aliphatic imine (C=N–C) groups is 1. The van der Waals surface area contributed by atoms with Crippen molar-refractivity contribution >= 4 is 41.4 Å². The van der Waals surface area contributed by atoms with Gasteiger partial charge in [0.15, 0.2) is 0 Å². The van der Waals surface area contributed by atoms with E-state index in [-0.39, 0.29) is 32.0 Å². The number of nitrogens with zero attached hydrogens (tertiary/aromatic N) is 2. The molecule has 10 heteroatoms. The third-order valence-corrected chi connectivity index (χ3v) is 4.22. The van der Waals surface area contributed by atoms with Gasteiger partial charge in [0.1, 0.15) is 5.25 Å². The number of amides is 5. The van der Waals surface area contributed by atoms with Crippen molar-refractivity contribution in [2.24, 2.45) is 4.99 Å². The second-order valence-electron chi connectivity index (χ2n) is 4.87. The van der Waals surface area contributed by atoms with Crippen LogP contribution in [0.2, 0.25) is 0 Å². The van der Waals surface area contributed by atoms with Gasteiger partial charge in [-0.2, -0.15) is 4.99 Å². The zero-order valence-corrected chi connectivity index (χ0v) is 13.9. The molecule has 2 heterocycles. The van der Waals surface area contributed by atoms with Gasteiger partial charge in [-0.1, -0.05) is 0 Å². The first-order valence-corrected chi connectivity index (χ1v) is 8.40. The lowest BCUT2D eigenvalue weighted by Gasteiger charge is -2.25. The van der Waals surface area contributed by atoms with Crippen molar-refractivity contribution < 1.29 is 23.9 Å². The quantitative estimate of drug-likeness (QED) is 0.634. The van der Waals surface area contributed by atoms with Gasteiger partial charge >= 0.3 is 18.0 Å². The Morgan fingerprint density at radius 2 is 2.08 bits per heavy atom. The zero-order chi connectivity index (χ0) is 17.5. The van der Waals surface area contributed by atoms with E-state index in [1.165, 1.54) is 11.8 Å². The number of carbonyl (C=O) groups excluding carboxylic acids is 4. The van der Waals surface area contributed by atoms with Crippen LogP contribution < -0.4 is 10.6 Å². The molecular weight excluding hydrogens is 336 g/mol. The van der Waals surface area contributed by atoms with Crippen LogP contribution in [0.15, 0.2) is 16.5 Å². The van der Waals surface area contributed by atoms with Crippen LogP contribution in [0.3, 0.4) is 0 Å². The Morgan fingerprint density at radius 1 is 1.33 bits per heavy atom. The first-order valence-electron chi connectivity index (χ1n) is 7.46. The van der Waals surface area contributed by atoms with Gasteiger partial charge in [0.25, 0.3) is 0 Å². The molecule has 2 rings (SSSR count). The van der Waals surface area contributed by atoms with Gasteiger partial charge in [0.2, 0.25) is 5.91 Å². The molecule has 0 aromatic rings. The van der Waals surface area contributed by atoms with Crippen LogP contribution in [0.25, 0.3) is 0 Å². The summed E-state index contributed by atoms with van der Waals surface area (Å²) >= 11 is 1.30. The highest BCUT2D eigenvalue weighted by Crippen LogP contribution is 2.27. The summed E-state index contributed by atoms with van der Waals surface area (Å²) in [7, 11) is 0. The topological polar surface area (TPSA) is 117 Å². The number of thioether (sulfide) groups is 1. The van der Waals surface area contributed by atoms with E-state index in [4.69, 9.17) is 4.74 Å². The maximum atomic E-state index is 12.2. The van der Waals surface area contributed by atoms with Crippen LogP contribution in [0.5, 0.6) is 0 Å². The molecule has 0 fully saturated rings. The predicted molar refractivity (Wildman–Crippen MR) is 87.7 cm³/mol. The Hall–Kier alpha value is -2.36. The molecule has 0 spiro atoms. The molecule has 9 nitrogen and oxygen atoms in total. The SMILES string of the molecule is CCOC(=O)CCNC(=O)NCCN1C(=O)N=C2C=CSC2C1=O. The fourth-order valence-electron chi connectivity index (χ4n) is 2.09.